The molecule has 0 amide bonds. The Morgan fingerprint density at radius 1 is 0.826 bits per heavy atom. The average Bonchev–Trinajstić information content (AvgIpc) is 2.98. The number of aryl methyl sites for hydroxylation is 1. The molecule has 1 heterocycles. The van der Waals surface area contributed by atoms with Gasteiger partial charge in [0.05, 0.1) is 6.54 Å². The van der Waals surface area contributed by atoms with E-state index in [9.17, 15) is 0 Å². The van der Waals surface area contributed by atoms with Crippen LogP contribution in [0.4, 0.5) is 0 Å². The third-order valence-corrected chi connectivity index (χ3v) is 4.51. The van der Waals surface area contributed by atoms with Crippen molar-refractivity contribution in [3.63, 3.8) is 0 Å². The summed E-state index contributed by atoms with van der Waals surface area (Å²) in [6.07, 6.45) is 16.4. The van der Waals surface area contributed by atoms with Crippen molar-refractivity contribution in [2.45, 2.75) is 78.2 Å². The highest BCUT2D eigenvalue weighted by Crippen LogP contribution is 2.13. The van der Waals surface area contributed by atoms with Gasteiger partial charge in [0.15, 0.2) is 0 Å². The number of benzene rings is 1. The normalized spacial score (nSPS) is 11.0. The molecule has 0 saturated heterocycles. The Morgan fingerprint density at radius 3 is 2.22 bits per heavy atom. The summed E-state index contributed by atoms with van der Waals surface area (Å²) < 4.78 is 4.80. The largest absolute Gasteiger partial charge is 0.261 e. The first-order valence-electron chi connectivity index (χ1n) is 9.52. The second-order valence-electron chi connectivity index (χ2n) is 6.48. The molecule has 0 aliphatic carbocycles. The number of hydrogen-bond donors (Lipinski definition) is 0. The second kappa shape index (κ2) is 10.3. The fraction of sp³-hybridized carbons (Fsp3) is 0.571. The van der Waals surface area contributed by atoms with Gasteiger partial charge >= 0.3 is 0 Å². The van der Waals surface area contributed by atoms with Crippen LogP contribution in [0.2, 0.25) is 0 Å². The summed E-state index contributed by atoms with van der Waals surface area (Å²) in [4.78, 5) is 0. The Labute approximate surface area is 142 Å². The number of rotatable bonds is 11. The third-order valence-electron chi connectivity index (χ3n) is 4.51. The van der Waals surface area contributed by atoms with Gasteiger partial charge < -0.3 is 0 Å². The zero-order chi connectivity index (χ0) is 16.3. The maximum absolute atomic E-state index is 2.43. The van der Waals surface area contributed by atoms with Gasteiger partial charge in [0.25, 0.3) is 5.82 Å². The van der Waals surface area contributed by atoms with Crippen molar-refractivity contribution in [2.75, 3.05) is 0 Å². The topological polar surface area (TPSA) is 8.81 Å². The van der Waals surface area contributed by atoms with E-state index in [4.69, 9.17) is 0 Å². The molecule has 1 aromatic carbocycles. The van der Waals surface area contributed by atoms with E-state index in [0.717, 1.165) is 6.54 Å². The van der Waals surface area contributed by atoms with Crippen molar-refractivity contribution in [3.8, 4) is 5.69 Å². The zero-order valence-corrected chi connectivity index (χ0v) is 15.0. The Hall–Kier alpha value is -1.57. The Kier molecular flexibility index (Phi) is 7.92. The van der Waals surface area contributed by atoms with Crippen molar-refractivity contribution in [1.29, 1.82) is 0 Å². The van der Waals surface area contributed by atoms with E-state index in [0.29, 0.717) is 0 Å². The fourth-order valence-corrected chi connectivity index (χ4v) is 3.23. The number of unbranched alkanes of at least 4 members (excludes halogenated alkanes) is 6. The molecular weight excluding hydrogens is 280 g/mol. The van der Waals surface area contributed by atoms with E-state index in [2.05, 4.69) is 65.7 Å². The van der Waals surface area contributed by atoms with Crippen LogP contribution in [0.5, 0.6) is 0 Å². The van der Waals surface area contributed by atoms with Crippen molar-refractivity contribution < 1.29 is 4.57 Å². The molecular formula is C21H33N2+. The van der Waals surface area contributed by atoms with Crippen molar-refractivity contribution in [2.24, 2.45) is 0 Å². The molecule has 126 valence electrons. The molecule has 0 N–H and O–H groups in total. The van der Waals surface area contributed by atoms with Crippen molar-refractivity contribution >= 4 is 0 Å². The Morgan fingerprint density at radius 2 is 1.52 bits per heavy atom. The van der Waals surface area contributed by atoms with E-state index >= 15 is 0 Å². The van der Waals surface area contributed by atoms with Crippen LogP contribution < -0.4 is 4.57 Å². The molecule has 0 fully saturated rings. The lowest BCUT2D eigenvalue weighted by molar-refractivity contribution is -0.703. The lowest BCUT2D eigenvalue weighted by Crippen LogP contribution is -2.36. The van der Waals surface area contributed by atoms with Crippen LogP contribution in [-0.2, 0) is 13.0 Å². The van der Waals surface area contributed by atoms with Gasteiger partial charge in [0.1, 0.15) is 18.1 Å². The van der Waals surface area contributed by atoms with Gasteiger partial charge in [-0.3, -0.25) is 0 Å². The Balaban J connectivity index is 1.94. The standard InChI is InChI=1S/C21H33N2/c1-3-5-6-7-8-9-13-16-21-22(17-4-2)18-19-23(21)20-14-11-10-12-15-20/h10-12,14-15,18-19H,3-9,13,16-17H2,1-2H3/q+1. The van der Waals surface area contributed by atoms with Gasteiger partial charge in [-0.05, 0) is 25.0 Å². The molecule has 0 aliphatic heterocycles. The predicted octanol–water partition coefficient (Wildman–Crippen LogP) is 5.47. The van der Waals surface area contributed by atoms with Gasteiger partial charge in [-0.2, -0.15) is 4.57 Å². The molecule has 1 aromatic heterocycles. The van der Waals surface area contributed by atoms with Crippen molar-refractivity contribution in [1.82, 2.24) is 4.57 Å². The van der Waals surface area contributed by atoms with Crippen LogP contribution in [-0.4, -0.2) is 4.57 Å². The maximum atomic E-state index is 2.43. The molecule has 2 nitrogen and oxygen atoms in total. The van der Waals surface area contributed by atoms with Crippen LogP contribution >= 0.6 is 0 Å². The predicted molar refractivity (Wildman–Crippen MR) is 98.0 cm³/mol. The van der Waals surface area contributed by atoms with E-state index in [1.165, 1.54) is 69.3 Å². The minimum atomic E-state index is 1.12. The van der Waals surface area contributed by atoms with E-state index in [1.54, 1.807) is 0 Å². The quantitative estimate of drug-likeness (QED) is 0.384. The van der Waals surface area contributed by atoms with Gasteiger partial charge in [-0.1, -0.05) is 70.6 Å². The highest BCUT2D eigenvalue weighted by molar-refractivity contribution is 5.31. The third kappa shape index (κ3) is 5.53. The molecule has 0 saturated carbocycles. The summed E-state index contributed by atoms with van der Waals surface area (Å²) in [7, 11) is 0. The van der Waals surface area contributed by atoms with Crippen LogP contribution in [0.1, 0.15) is 71.0 Å². The van der Waals surface area contributed by atoms with Crippen LogP contribution in [0.15, 0.2) is 42.7 Å². The first-order valence-corrected chi connectivity index (χ1v) is 9.52. The molecule has 0 unspecified atom stereocenters. The molecule has 2 heteroatoms. The van der Waals surface area contributed by atoms with Crippen LogP contribution in [0, 0.1) is 0 Å². The average molecular weight is 314 g/mol. The van der Waals surface area contributed by atoms with E-state index in [-0.39, 0.29) is 0 Å². The smallest absolute Gasteiger partial charge is 0.234 e. The zero-order valence-electron chi connectivity index (χ0n) is 15.0. The summed E-state index contributed by atoms with van der Waals surface area (Å²) >= 11 is 0. The number of nitrogens with zero attached hydrogens (tertiary/aromatic N) is 2. The molecule has 0 bridgehead atoms. The summed E-state index contributed by atoms with van der Waals surface area (Å²) in [6.45, 7) is 5.65. The van der Waals surface area contributed by atoms with Crippen molar-refractivity contribution in [3.05, 3.63) is 48.5 Å². The summed E-state index contributed by atoms with van der Waals surface area (Å²) in [5.41, 5.74) is 1.28. The highest BCUT2D eigenvalue weighted by atomic mass is 15.1. The number of hydrogen-bond acceptors (Lipinski definition) is 0. The van der Waals surface area contributed by atoms with Crippen LogP contribution in [0.25, 0.3) is 5.69 Å². The number of para-hydroxylation sites is 1. The lowest BCUT2D eigenvalue weighted by Gasteiger charge is -2.05. The Bertz CT molecular complexity index is 542. The number of aromatic nitrogens is 2. The monoisotopic (exact) mass is 313 g/mol. The lowest BCUT2D eigenvalue weighted by atomic mass is 10.1. The van der Waals surface area contributed by atoms with Gasteiger partial charge in [0, 0.05) is 6.42 Å². The SMILES string of the molecule is CCCCCCCCCc1n(-c2ccccc2)cc[n+]1CCC. The molecule has 0 aliphatic rings. The molecule has 0 spiro atoms. The second-order valence-corrected chi connectivity index (χ2v) is 6.48. The first kappa shape index (κ1) is 17.8. The van der Waals surface area contributed by atoms with Gasteiger partial charge in [-0.15, -0.1) is 0 Å². The minimum absolute atomic E-state index is 1.12. The first-order chi connectivity index (χ1) is 11.4. The fourth-order valence-electron chi connectivity index (χ4n) is 3.23. The molecule has 0 radical (unpaired) electrons. The maximum Gasteiger partial charge on any atom is 0.261 e. The summed E-state index contributed by atoms with van der Waals surface area (Å²) in [5.74, 6) is 1.45. The summed E-state index contributed by atoms with van der Waals surface area (Å²) in [6, 6.07) is 10.7. The highest BCUT2D eigenvalue weighted by Gasteiger charge is 2.17. The molecule has 2 aromatic rings. The molecule has 23 heavy (non-hydrogen) atoms. The van der Waals surface area contributed by atoms with Gasteiger partial charge in [-0.25, -0.2) is 4.57 Å². The van der Waals surface area contributed by atoms with Crippen LogP contribution in [0.3, 0.4) is 0 Å². The summed E-state index contributed by atoms with van der Waals surface area (Å²) in [5, 5.41) is 0. The molecule has 0 atom stereocenters. The number of imidazole rings is 1. The van der Waals surface area contributed by atoms with E-state index < -0.39 is 0 Å². The van der Waals surface area contributed by atoms with E-state index in [1.807, 2.05) is 0 Å². The van der Waals surface area contributed by atoms with Gasteiger partial charge in [0.2, 0.25) is 0 Å². The molecule has 2 rings (SSSR count). The minimum Gasteiger partial charge on any atom is -0.234 e.